The molecule has 3 rings (SSSR count). The molecule has 4 nitrogen and oxygen atoms in total. The zero-order valence-corrected chi connectivity index (χ0v) is 23.3. The summed E-state index contributed by atoms with van der Waals surface area (Å²) in [5.74, 6) is 0.748. The standard InChI is InChI=1S/C29H42ClNO3S/c1-22(2)35(33,34)20-15-23(3)7-5-6-8-25-9-14-28(24(4)21-25)31-18-16-29(32,17-19-31)26-10-12-27(30)13-11-26/h9-14,21-23,32H,5-8,15-20H2,1-4H3. The van der Waals surface area contributed by atoms with Crippen molar-refractivity contribution in [2.75, 3.05) is 23.7 Å². The van der Waals surface area contributed by atoms with Gasteiger partial charge in [0.15, 0.2) is 9.84 Å². The number of nitrogens with zero attached hydrogens (tertiary/aromatic N) is 1. The van der Waals surface area contributed by atoms with Crippen LogP contribution in [0.4, 0.5) is 5.69 Å². The third kappa shape index (κ3) is 7.71. The molecule has 1 heterocycles. The van der Waals surface area contributed by atoms with E-state index < -0.39 is 15.4 Å². The average Bonchev–Trinajstić information content (AvgIpc) is 2.82. The highest BCUT2D eigenvalue weighted by Crippen LogP contribution is 2.36. The van der Waals surface area contributed by atoms with Crippen LogP contribution in [-0.2, 0) is 21.9 Å². The lowest BCUT2D eigenvalue weighted by atomic mass is 9.84. The third-order valence-electron chi connectivity index (χ3n) is 7.60. The Balaban J connectivity index is 1.45. The van der Waals surface area contributed by atoms with Gasteiger partial charge in [0.25, 0.3) is 0 Å². The van der Waals surface area contributed by atoms with Gasteiger partial charge < -0.3 is 10.0 Å². The summed E-state index contributed by atoms with van der Waals surface area (Å²) in [6.45, 7) is 9.52. The molecule has 0 amide bonds. The van der Waals surface area contributed by atoms with E-state index in [0.717, 1.165) is 50.8 Å². The highest BCUT2D eigenvalue weighted by Gasteiger charge is 2.34. The lowest BCUT2D eigenvalue weighted by Crippen LogP contribution is -2.42. The fourth-order valence-electron chi connectivity index (χ4n) is 4.96. The first-order valence-electron chi connectivity index (χ1n) is 13.0. The molecule has 1 unspecified atom stereocenters. The maximum Gasteiger partial charge on any atom is 0.152 e. The highest BCUT2D eigenvalue weighted by molar-refractivity contribution is 7.91. The zero-order valence-electron chi connectivity index (χ0n) is 21.8. The van der Waals surface area contributed by atoms with Crippen molar-refractivity contribution >= 4 is 27.1 Å². The predicted molar refractivity (Wildman–Crippen MR) is 148 cm³/mol. The summed E-state index contributed by atoms with van der Waals surface area (Å²) < 4.78 is 24.0. The zero-order chi connectivity index (χ0) is 25.6. The molecular weight excluding hydrogens is 478 g/mol. The van der Waals surface area contributed by atoms with Crippen LogP contribution in [0.25, 0.3) is 0 Å². The Hall–Kier alpha value is -1.56. The first kappa shape index (κ1) is 28.0. The SMILES string of the molecule is Cc1cc(CCCCC(C)CCS(=O)(=O)C(C)C)ccc1N1CCC(O)(c2ccc(Cl)cc2)CC1. The molecular formula is C29H42ClNO3S. The van der Waals surface area contributed by atoms with E-state index in [9.17, 15) is 13.5 Å². The quantitative estimate of drug-likeness (QED) is 0.335. The summed E-state index contributed by atoms with van der Waals surface area (Å²) in [6, 6.07) is 14.3. The fourth-order valence-corrected chi connectivity index (χ4v) is 6.29. The first-order valence-corrected chi connectivity index (χ1v) is 15.1. The van der Waals surface area contributed by atoms with Crippen LogP contribution in [-0.4, -0.2) is 37.6 Å². The molecule has 6 heteroatoms. The van der Waals surface area contributed by atoms with Crippen LogP contribution in [0, 0.1) is 12.8 Å². The van der Waals surface area contributed by atoms with Gasteiger partial charge in [-0.2, -0.15) is 0 Å². The molecule has 194 valence electrons. The van der Waals surface area contributed by atoms with E-state index in [4.69, 9.17) is 11.6 Å². The number of piperidine rings is 1. The van der Waals surface area contributed by atoms with Crippen molar-refractivity contribution in [1.29, 1.82) is 0 Å². The van der Waals surface area contributed by atoms with Crippen LogP contribution in [0.15, 0.2) is 42.5 Å². The first-order chi connectivity index (χ1) is 16.5. The molecule has 0 spiro atoms. The fraction of sp³-hybridized carbons (Fsp3) is 0.586. The molecule has 1 atom stereocenters. The Morgan fingerprint density at radius 3 is 2.26 bits per heavy atom. The summed E-state index contributed by atoms with van der Waals surface area (Å²) in [4.78, 5) is 2.39. The summed E-state index contributed by atoms with van der Waals surface area (Å²) in [5.41, 5.74) is 4.06. The summed E-state index contributed by atoms with van der Waals surface area (Å²) in [7, 11) is -2.93. The summed E-state index contributed by atoms with van der Waals surface area (Å²) in [6.07, 6.45) is 6.54. The number of benzene rings is 2. The topological polar surface area (TPSA) is 57.6 Å². The minimum absolute atomic E-state index is 0.277. The Morgan fingerprint density at radius 2 is 1.66 bits per heavy atom. The molecule has 0 saturated carbocycles. The van der Waals surface area contributed by atoms with E-state index in [1.54, 1.807) is 13.8 Å². The predicted octanol–water partition coefficient (Wildman–Crippen LogP) is 6.70. The molecule has 1 aliphatic heterocycles. The Bertz CT molecular complexity index is 1060. The van der Waals surface area contributed by atoms with Crippen molar-refractivity contribution in [3.8, 4) is 0 Å². The van der Waals surface area contributed by atoms with Gasteiger partial charge >= 0.3 is 0 Å². The number of sulfone groups is 1. The minimum Gasteiger partial charge on any atom is -0.385 e. The molecule has 0 aliphatic carbocycles. The van der Waals surface area contributed by atoms with Crippen LogP contribution < -0.4 is 4.90 Å². The molecule has 0 radical (unpaired) electrons. The minimum atomic E-state index is -2.93. The van der Waals surface area contributed by atoms with E-state index >= 15 is 0 Å². The number of anilines is 1. The average molecular weight is 520 g/mol. The second-order valence-electron chi connectivity index (χ2n) is 10.7. The molecule has 0 bridgehead atoms. The summed E-state index contributed by atoms with van der Waals surface area (Å²) >= 11 is 6.01. The van der Waals surface area contributed by atoms with E-state index in [1.807, 2.05) is 24.3 Å². The second kappa shape index (κ2) is 12.1. The molecule has 1 N–H and O–H groups in total. The van der Waals surface area contributed by atoms with Crippen molar-refractivity contribution < 1.29 is 13.5 Å². The number of aryl methyl sites for hydroxylation is 2. The molecule has 1 fully saturated rings. The molecule has 1 aliphatic rings. The van der Waals surface area contributed by atoms with Crippen molar-refractivity contribution in [1.82, 2.24) is 0 Å². The number of halogens is 1. The Labute approximate surface area is 217 Å². The van der Waals surface area contributed by atoms with E-state index in [1.165, 1.54) is 16.8 Å². The van der Waals surface area contributed by atoms with E-state index in [2.05, 4.69) is 36.9 Å². The van der Waals surface area contributed by atoms with Crippen LogP contribution in [0.2, 0.25) is 5.02 Å². The van der Waals surface area contributed by atoms with Crippen molar-refractivity contribution in [3.63, 3.8) is 0 Å². The lowest BCUT2D eigenvalue weighted by molar-refractivity contribution is 0.0117. The third-order valence-corrected chi connectivity index (χ3v) is 10.1. The lowest BCUT2D eigenvalue weighted by Gasteiger charge is -2.40. The maximum atomic E-state index is 12.0. The van der Waals surface area contributed by atoms with Gasteiger partial charge in [0, 0.05) is 23.8 Å². The van der Waals surface area contributed by atoms with Gasteiger partial charge in [-0.3, -0.25) is 0 Å². The van der Waals surface area contributed by atoms with Crippen LogP contribution in [0.1, 0.15) is 76.0 Å². The van der Waals surface area contributed by atoms with E-state index in [0.29, 0.717) is 29.5 Å². The molecule has 1 saturated heterocycles. The van der Waals surface area contributed by atoms with Crippen molar-refractivity contribution in [2.45, 2.75) is 83.5 Å². The Morgan fingerprint density at radius 1 is 1.00 bits per heavy atom. The molecule has 2 aromatic carbocycles. The highest BCUT2D eigenvalue weighted by atomic mass is 35.5. The van der Waals surface area contributed by atoms with Crippen LogP contribution in [0.3, 0.4) is 0 Å². The normalized spacial score (nSPS) is 17.1. The van der Waals surface area contributed by atoms with Gasteiger partial charge in [-0.25, -0.2) is 8.42 Å². The van der Waals surface area contributed by atoms with Crippen LogP contribution in [0.5, 0.6) is 0 Å². The number of rotatable bonds is 11. The van der Waals surface area contributed by atoms with Gasteiger partial charge in [0.2, 0.25) is 0 Å². The second-order valence-corrected chi connectivity index (χ2v) is 13.8. The van der Waals surface area contributed by atoms with Crippen molar-refractivity contribution in [3.05, 3.63) is 64.2 Å². The molecule has 0 aromatic heterocycles. The molecule has 35 heavy (non-hydrogen) atoms. The number of unbranched alkanes of at least 4 members (excludes halogenated alkanes) is 1. The van der Waals surface area contributed by atoms with Gasteiger partial charge in [0.05, 0.1) is 16.6 Å². The maximum absolute atomic E-state index is 12.0. The van der Waals surface area contributed by atoms with E-state index in [-0.39, 0.29) is 5.25 Å². The number of aliphatic hydroxyl groups is 1. The van der Waals surface area contributed by atoms with Crippen LogP contribution >= 0.6 is 11.6 Å². The van der Waals surface area contributed by atoms with Gasteiger partial charge in [-0.1, -0.05) is 55.6 Å². The monoisotopic (exact) mass is 519 g/mol. The van der Waals surface area contributed by atoms with Gasteiger partial charge in [-0.05, 0) is 93.7 Å². The largest absolute Gasteiger partial charge is 0.385 e. The summed E-state index contributed by atoms with van der Waals surface area (Å²) in [5, 5.41) is 11.6. The number of hydrogen-bond acceptors (Lipinski definition) is 4. The number of hydrogen-bond donors (Lipinski definition) is 1. The Kier molecular flexibility index (Phi) is 9.70. The smallest absolute Gasteiger partial charge is 0.152 e. The van der Waals surface area contributed by atoms with Crippen molar-refractivity contribution in [2.24, 2.45) is 5.92 Å². The van der Waals surface area contributed by atoms with Gasteiger partial charge in [-0.15, -0.1) is 0 Å². The van der Waals surface area contributed by atoms with Gasteiger partial charge in [0.1, 0.15) is 0 Å². The molecule has 2 aromatic rings.